The van der Waals surface area contributed by atoms with Crippen LogP contribution in [0.5, 0.6) is 0 Å². The third-order valence-electron chi connectivity index (χ3n) is 7.79. The molecule has 0 N–H and O–H groups in total. The van der Waals surface area contributed by atoms with Crippen LogP contribution in [0.4, 0.5) is 0 Å². The lowest BCUT2D eigenvalue weighted by atomic mass is 9.82. The highest BCUT2D eigenvalue weighted by atomic mass is 32.2. The van der Waals surface area contributed by atoms with Crippen LogP contribution in [0.2, 0.25) is 0 Å². The molecule has 2 heterocycles. The van der Waals surface area contributed by atoms with Gasteiger partial charge >= 0.3 is 5.63 Å². The molecule has 5 aromatic rings. The second-order valence-electron chi connectivity index (χ2n) is 15.4. The minimum atomic E-state index is -3.11. The second-order valence-corrected chi connectivity index (χ2v) is 19.3. The van der Waals surface area contributed by atoms with Gasteiger partial charge in [0.2, 0.25) is 0 Å². The van der Waals surface area contributed by atoms with Crippen molar-refractivity contribution in [2.24, 2.45) is 5.41 Å². The lowest BCUT2D eigenvalue weighted by Crippen LogP contribution is -2.27. The van der Waals surface area contributed by atoms with Crippen LogP contribution in [-0.4, -0.2) is 13.2 Å². The summed E-state index contributed by atoms with van der Waals surface area (Å²) in [5.41, 5.74) is 8.53. The molecule has 3 aromatic carbocycles. The Labute approximate surface area is 286 Å². The molecule has 47 heavy (non-hydrogen) atoms. The summed E-state index contributed by atoms with van der Waals surface area (Å²) in [6.07, 6.45) is 1.89. The number of thiophene rings is 1. The van der Waals surface area contributed by atoms with Crippen LogP contribution >= 0.6 is 11.3 Å². The number of aryl methyl sites for hydroxylation is 2. The molecule has 2 aromatic heterocycles. The van der Waals surface area contributed by atoms with Crippen LogP contribution < -0.4 is 5.63 Å². The molecule has 0 radical (unpaired) electrons. The molecule has 0 unspecified atom stereocenters. The van der Waals surface area contributed by atoms with Gasteiger partial charge in [-0.3, -0.25) is 0 Å². The van der Waals surface area contributed by atoms with Crippen LogP contribution in [0.15, 0.2) is 104 Å². The SMILES string of the molecule is CC(C)(C)S(=O)(=O)c1cccs1.CC(C)(C)c1ccccc1Cc1ccccc1.Cc1cc2oc(=O)cc(CC(C)(C)C)c2cc1C. The van der Waals surface area contributed by atoms with Crippen molar-refractivity contribution in [1.29, 1.82) is 0 Å². The van der Waals surface area contributed by atoms with Gasteiger partial charge in [0.05, 0.1) is 4.75 Å². The zero-order valence-electron chi connectivity index (χ0n) is 30.0. The van der Waals surface area contributed by atoms with E-state index < -0.39 is 14.6 Å². The van der Waals surface area contributed by atoms with Crippen molar-refractivity contribution in [2.45, 2.75) is 103 Å². The standard InChI is InChI=1S/C17H20.C16H20O2.C8H12O2S2/c1-17(2,3)16-12-8-7-11-15(16)13-14-9-5-4-6-10-14;1-10-6-13-12(9-16(3,4)5)8-15(17)18-14(13)7-11(10)2;1-8(2,3)12(9,10)7-5-4-6-11-7/h4-12H,13H2,1-3H3;6-8H,9H2,1-5H3;4-6H,1-3H3. The Kier molecular flexibility index (Phi) is 12.3. The maximum atomic E-state index is 11.7. The van der Waals surface area contributed by atoms with E-state index >= 15 is 0 Å². The number of hydrogen-bond donors (Lipinski definition) is 0. The smallest absolute Gasteiger partial charge is 0.336 e. The number of rotatable bonds is 4. The quantitative estimate of drug-likeness (QED) is 0.178. The number of fused-ring (bicyclic) bond motifs is 1. The van der Waals surface area contributed by atoms with Gasteiger partial charge in [0.25, 0.3) is 0 Å². The largest absolute Gasteiger partial charge is 0.423 e. The van der Waals surface area contributed by atoms with Gasteiger partial charge in [0.1, 0.15) is 9.79 Å². The Hall–Kier alpha value is -3.48. The summed E-state index contributed by atoms with van der Waals surface area (Å²) >= 11 is 1.27. The van der Waals surface area contributed by atoms with Gasteiger partial charge in [-0.2, -0.15) is 0 Å². The summed E-state index contributed by atoms with van der Waals surface area (Å²) in [6, 6.07) is 28.5. The monoisotopic (exact) mass is 672 g/mol. The Morgan fingerprint density at radius 3 is 1.85 bits per heavy atom. The van der Waals surface area contributed by atoms with Gasteiger partial charge in [0.15, 0.2) is 9.84 Å². The van der Waals surface area contributed by atoms with Crippen LogP contribution in [0.3, 0.4) is 0 Å². The Balaban J connectivity index is 0.000000196. The summed E-state index contributed by atoms with van der Waals surface area (Å²) in [7, 11) is -3.11. The molecule has 5 rings (SSSR count). The average Bonchev–Trinajstić information content (AvgIpc) is 3.50. The van der Waals surface area contributed by atoms with Gasteiger partial charge in [0, 0.05) is 11.5 Å². The highest BCUT2D eigenvalue weighted by molar-refractivity contribution is 7.94. The van der Waals surface area contributed by atoms with E-state index in [0.29, 0.717) is 9.79 Å². The average molecular weight is 673 g/mol. The minimum absolute atomic E-state index is 0.152. The Morgan fingerprint density at radius 1 is 0.702 bits per heavy atom. The third kappa shape index (κ3) is 10.8. The molecule has 0 saturated heterocycles. The van der Waals surface area contributed by atoms with Crippen molar-refractivity contribution in [3.8, 4) is 0 Å². The number of sulfone groups is 1. The highest BCUT2D eigenvalue weighted by Crippen LogP contribution is 2.29. The second kappa shape index (κ2) is 15.2. The van der Waals surface area contributed by atoms with Gasteiger partial charge in [-0.25, -0.2) is 13.2 Å². The molecule has 0 saturated carbocycles. The summed E-state index contributed by atoms with van der Waals surface area (Å²) in [5, 5.41) is 2.84. The molecule has 0 fully saturated rings. The van der Waals surface area contributed by atoms with Crippen LogP contribution in [0, 0.1) is 19.3 Å². The molecule has 6 heteroatoms. The molecule has 0 bridgehead atoms. The predicted molar refractivity (Wildman–Crippen MR) is 201 cm³/mol. The third-order valence-corrected chi connectivity index (χ3v) is 11.7. The first-order valence-electron chi connectivity index (χ1n) is 16.1. The van der Waals surface area contributed by atoms with Crippen molar-refractivity contribution in [2.75, 3.05) is 0 Å². The zero-order valence-corrected chi connectivity index (χ0v) is 31.7. The molecule has 0 atom stereocenters. The van der Waals surface area contributed by atoms with Gasteiger partial charge in [-0.1, -0.05) is 102 Å². The first-order valence-corrected chi connectivity index (χ1v) is 18.5. The summed E-state index contributed by atoms with van der Waals surface area (Å²) in [6.45, 7) is 22.6. The first kappa shape index (κ1) is 38.0. The van der Waals surface area contributed by atoms with Crippen LogP contribution in [-0.2, 0) is 28.1 Å². The predicted octanol–water partition coefficient (Wildman–Crippen LogP) is 10.9. The van der Waals surface area contributed by atoms with Gasteiger partial charge < -0.3 is 4.42 Å². The first-order chi connectivity index (χ1) is 21.7. The number of benzene rings is 3. The Morgan fingerprint density at radius 2 is 1.30 bits per heavy atom. The highest BCUT2D eigenvalue weighted by Gasteiger charge is 2.31. The lowest BCUT2D eigenvalue weighted by Gasteiger charge is -2.23. The van der Waals surface area contributed by atoms with E-state index in [-0.39, 0.29) is 16.5 Å². The van der Waals surface area contributed by atoms with Crippen molar-refractivity contribution in [1.82, 2.24) is 0 Å². The van der Waals surface area contributed by atoms with Crippen molar-refractivity contribution >= 4 is 32.1 Å². The lowest BCUT2D eigenvalue weighted by molar-refractivity contribution is 0.411. The molecular formula is C41H52O4S2. The molecule has 4 nitrogen and oxygen atoms in total. The summed E-state index contributed by atoms with van der Waals surface area (Å²) in [4.78, 5) is 11.6. The molecule has 0 aliphatic heterocycles. The summed E-state index contributed by atoms with van der Waals surface area (Å²) < 4.78 is 28.5. The van der Waals surface area contributed by atoms with Gasteiger partial charge in [-0.05, 0) is 115 Å². The minimum Gasteiger partial charge on any atom is -0.423 e. The fraction of sp³-hybridized carbons (Fsp3) is 0.390. The van der Waals surface area contributed by atoms with E-state index in [9.17, 15) is 13.2 Å². The van der Waals surface area contributed by atoms with Crippen molar-refractivity contribution < 1.29 is 12.8 Å². The van der Waals surface area contributed by atoms with E-state index in [1.54, 1.807) is 44.4 Å². The normalized spacial score (nSPS) is 12.1. The maximum absolute atomic E-state index is 11.7. The van der Waals surface area contributed by atoms with Crippen molar-refractivity contribution in [3.63, 3.8) is 0 Å². The van der Waals surface area contributed by atoms with E-state index in [1.165, 1.54) is 33.6 Å². The Bertz CT molecular complexity index is 1910. The number of hydrogen-bond acceptors (Lipinski definition) is 5. The summed E-state index contributed by atoms with van der Waals surface area (Å²) in [5.74, 6) is 0. The molecule has 0 aliphatic carbocycles. The maximum Gasteiger partial charge on any atom is 0.336 e. The topological polar surface area (TPSA) is 64.3 Å². The van der Waals surface area contributed by atoms with Crippen LogP contribution in [0.25, 0.3) is 11.0 Å². The van der Waals surface area contributed by atoms with E-state index in [2.05, 4.69) is 109 Å². The molecule has 0 spiro atoms. The van der Waals surface area contributed by atoms with E-state index in [4.69, 9.17) is 4.42 Å². The van der Waals surface area contributed by atoms with Gasteiger partial charge in [-0.15, -0.1) is 11.3 Å². The molecule has 252 valence electrons. The molecule has 0 aliphatic rings. The fourth-order valence-electron chi connectivity index (χ4n) is 5.14. The van der Waals surface area contributed by atoms with E-state index in [0.717, 1.165) is 29.4 Å². The fourth-order valence-corrected chi connectivity index (χ4v) is 7.87. The van der Waals surface area contributed by atoms with Crippen molar-refractivity contribution in [3.05, 3.63) is 134 Å². The van der Waals surface area contributed by atoms with Crippen LogP contribution in [0.1, 0.15) is 95.7 Å². The van der Waals surface area contributed by atoms with E-state index in [1.807, 2.05) is 13.0 Å². The zero-order chi connectivity index (χ0) is 35.2. The molecular weight excluding hydrogens is 621 g/mol. The molecule has 0 amide bonds.